The lowest BCUT2D eigenvalue weighted by Gasteiger charge is -2.01. The lowest BCUT2D eigenvalue weighted by molar-refractivity contribution is 0.683. The van der Waals surface area contributed by atoms with Gasteiger partial charge in [0.25, 0.3) is 0 Å². The number of aryl methyl sites for hydroxylation is 1. The highest BCUT2D eigenvalue weighted by atomic mass is 32.2. The monoisotopic (exact) mass is 295 g/mol. The van der Waals surface area contributed by atoms with Crippen molar-refractivity contribution in [1.29, 1.82) is 0 Å². The Balaban J connectivity index is 1.85. The highest BCUT2D eigenvalue weighted by molar-refractivity contribution is 7.95. The van der Waals surface area contributed by atoms with Crippen LogP contribution in [0.2, 0.25) is 0 Å². The molecule has 0 aliphatic carbocycles. The molecule has 1 aliphatic rings. The Labute approximate surface area is 124 Å². The standard InChI is InChI=1S/C16H13N3OS/c1-2-11-7-8-13(17-9-11)15-10-19-14-6-4-3-5-12(14)18-16(19)21(15)20/h3-10H,2H2,1H3. The van der Waals surface area contributed by atoms with E-state index in [1.165, 1.54) is 5.56 Å². The maximum atomic E-state index is 12.6. The predicted molar refractivity (Wildman–Crippen MR) is 83.9 cm³/mol. The van der Waals surface area contributed by atoms with Crippen molar-refractivity contribution in [1.82, 2.24) is 14.5 Å². The molecule has 0 radical (unpaired) electrons. The third-order valence-electron chi connectivity index (χ3n) is 3.66. The number of hydrogen-bond donors (Lipinski definition) is 0. The van der Waals surface area contributed by atoms with Crippen molar-refractivity contribution in [3.63, 3.8) is 0 Å². The molecule has 0 spiro atoms. The number of hydrogen-bond acceptors (Lipinski definition) is 3. The first-order chi connectivity index (χ1) is 10.3. The largest absolute Gasteiger partial charge is 0.291 e. The lowest BCUT2D eigenvalue weighted by Crippen LogP contribution is -1.96. The second-order valence-corrected chi connectivity index (χ2v) is 6.26. The number of benzene rings is 1. The fourth-order valence-corrected chi connectivity index (χ4v) is 3.70. The fourth-order valence-electron chi connectivity index (χ4n) is 2.48. The molecule has 3 aromatic rings. The summed E-state index contributed by atoms with van der Waals surface area (Å²) in [6.45, 7) is 2.09. The smallest absolute Gasteiger partial charge is 0.209 e. The van der Waals surface area contributed by atoms with Crippen LogP contribution in [0.5, 0.6) is 0 Å². The highest BCUT2D eigenvalue weighted by Crippen LogP contribution is 2.33. The van der Waals surface area contributed by atoms with Gasteiger partial charge in [0.1, 0.15) is 10.8 Å². The number of aromatic nitrogens is 3. The first kappa shape index (κ1) is 12.5. The van der Waals surface area contributed by atoms with E-state index in [0.717, 1.165) is 23.1 Å². The molecule has 0 fully saturated rings. The van der Waals surface area contributed by atoms with Crippen LogP contribution in [0.4, 0.5) is 0 Å². The number of imidazole rings is 1. The summed E-state index contributed by atoms with van der Waals surface area (Å²) in [5.41, 5.74) is 3.76. The van der Waals surface area contributed by atoms with Crippen LogP contribution in [0, 0.1) is 0 Å². The average molecular weight is 295 g/mol. The highest BCUT2D eigenvalue weighted by Gasteiger charge is 2.27. The molecule has 5 heteroatoms. The van der Waals surface area contributed by atoms with Crippen LogP contribution < -0.4 is 0 Å². The second kappa shape index (κ2) is 4.63. The van der Waals surface area contributed by atoms with Crippen molar-refractivity contribution in [3.8, 4) is 0 Å². The molecule has 3 heterocycles. The van der Waals surface area contributed by atoms with E-state index >= 15 is 0 Å². The summed E-state index contributed by atoms with van der Waals surface area (Å²) in [4.78, 5) is 9.60. The zero-order valence-electron chi connectivity index (χ0n) is 11.5. The molecule has 1 aliphatic heterocycles. The zero-order chi connectivity index (χ0) is 14.4. The number of pyridine rings is 1. The van der Waals surface area contributed by atoms with Gasteiger partial charge in [0, 0.05) is 12.4 Å². The van der Waals surface area contributed by atoms with E-state index in [9.17, 15) is 4.21 Å². The third kappa shape index (κ3) is 1.85. The van der Waals surface area contributed by atoms with E-state index in [-0.39, 0.29) is 0 Å². The number of nitrogens with zero attached hydrogens (tertiary/aromatic N) is 3. The first-order valence-corrected chi connectivity index (χ1v) is 7.99. The molecular weight excluding hydrogens is 282 g/mol. The Morgan fingerprint density at radius 3 is 2.81 bits per heavy atom. The summed E-state index contributed by atoms with van der Waals surface area (Å²) in [5, 5.41) is 0.576. The van der Waals surface area contributed by atoms with Gasteiger partial charge in [0.15, 0.2) is 0 Å². The van der Waals surface area contributed by atoms with Gasteiger partial charge in [-0.05, 0) is 30.2 Å². The maximum Gasteiger partial charge on any atom is 0.209 e. The molecule has 1 unspecified atom stereocenters. The molecule has 0 bridgehead atoms. The van der Waals surface area contributed by atoms with Gasteiger partial charge in [-0.1, -0.05) is 25.1 Å². The normalized spacial score (nSPS) is 17.0. The van der Waals surface area contributed by atoms with Crippen molar-refractivity contribution < 1.29 is 4.21 Å². The van der Waals surface area contributed by atoms with Crippen molar-refractivity contribution in [2.45, 2.75) is 18.5 Å². The van der Waals surface area contributed by atoms with Gasteiger partial charge in [-0.3, -0.25) is 9.55 Å². The number of fused-ring (bicyclic) bond motifs is 3. The van der Waals surface area contributed by atoms with Crippen LogP contribution in [0.1, 0.15) is 18.2 Å². The summed E-state index contributed by atoms with van der Waals surface area (Å²) >= 11 is 0. The Kier molecular flexibility index (Phi) is 2.75. The van der Waals surface area contributed by atoms with Gasteiger partial charge in [0.05, 0.1) is 21.6 Å². The van der Waals surface area contributed by atoms with E-state index in [1.54, 1.807) is 0 Å². The van der Waals surface area contributed by atoms with E-state index in [1.807, 2.05) is 53.4 Å². The summed E-state index contributed by atoms with van der Waals surface area (Å²) in [6.07, 6.45) is 4.67. The van der Waals surface area contributed by atoms with E-state index in [4.69, 9.17) is 0 Å². The Morgan fingerprint density at radius 2 is 2.05 bits per heavy atom. The first-order valence-electron chi connectivity index (χ1n) is 6.84. The predicted octanol–water partition coefficient (Wildman–Crippen LogP) is 3.07. The molecule has 104 valence electrons. The molecule has 4 rings (SSSR count). The van der Waals surface area contributed by atoms with Crippen molar-refractivity contribution >= 4 is 32.9 Å². The van der Waals surface area contributed by atoms with Gasteiger partial charge in [-0.2, -0.15) is 0 Å². The average Bonchev–Trinajstić information content (AvgIpc) is 3.05. The van der Waals surface area contributed by atoms with Crippen molar-refractivity contribution in [2.24, 2.45) is 0 Å². The minimum absolute atomic E-state index is 0.576. The second-order valence-electron chi connectivity index (χ2n) is 4.92. The quantitative estimate of drug-likeness (QED) is 0.730. The third-order valence-corrected chi connectivity index (χ3v) is 4.99. The molecule has 0 amide bonds. The van der Waals surface area contributed by atoms with Gasteiger partial charge in [0.2, 0.25) is 5.16 Å². The van der Waals surface area contributed by atoms with Crippen LogP contribution >= 0.6 is 0 Å². The lowest BCUT2D eigenvalue weighted by atomic mass is 10.2. The Hall–Kier alpha value is -2.27. The van der Waals surface area contributed by atoms with Crippen LogP contribution in [0.3, 0.4) is 0 Å². The summed E-state index contributed by atoms with van der Waals surface area (Å²) in [5.74, 6) is 0. The number of para-hydroxylation sites is 2. The van der Waals surface area contributed by atoms with Crippen molar-refractivity contribution in [3.05, 3.63) is 53.9 Å². The maximum absolute atomic E-state index is 12.6. The zero-order valence-corrected chi connectivity index (χ0v) is 12.3. The molecule has 1 atom stereocenters. The fraction of sp³-hybridized carbons (Fsp3) is 0.125. The molecule has 4 nitrogen and oxygen atoms in total. The molecule has 1 aromatic carbocycles. The molecule has 0 saturated carbocycles. The number of rotatable bonds is 2. The molecule has 0 saturated heterocycles. The SMILES string of the molecule is CCc1ccc(C2=Cn3c(nc4ccccc43)S2=O)nc1. The van der Waals surface area contributed by atoms with Crippen LogP contribution in [0.25, 0.3) is 22.1 Å². The molecule has 0 N–H and O–H groups in total. The van der Waals surface area contributed by atoms with E-state index in [0.29, 0.717) is 10.1 Å². The van der Waals surface area contributed by atoms with Crippen molar-refractivity contribution in [2.75, 3.05) is 0 Å². The summed E-state index contributed by atoms with van der Waals surface area (Å²) < 4.78 is 14.5. The topological polar surface area (TPSA) is 47.8 Å². The Bertz CT molecular complexity index is 894. The van der Waals surface area contributed by atoms with Crippen LogP contribution in [0.15, 0.2) is 47.8 Å². The van der Waals surface area contributed by atoms with Gasteiger partial charge in [-0.25, -0.2) is 9.19 Å². The minimum Gasteiger partial charge on any atom is -0.291 e. The van der Waals surface area contributed by atoms with Gasteiger partial charge >= 0.3 is 0 Å². The van der Waals surface area contributed by atoms with Gasteiger partial charge in [-0.15, -0.1) is 0 Å². The van der Waals surface area contributed by atoms with Gasteiger partial charge < -0.3 is 0 Å². The van der Waals surface area contributed by atoms with E-state index < -0.39 is 10.8 Å². The van der Waals surface area contributed by atoms with Crippen LogP contribution in [-0.2, 0) is 17.2 Å². The summed E-state index contributed by atoms with van der Waals surface area (Å²) in [6, 6.07) is 11.8. The molecule has 21 heavy (non-hydrogen) atoms. The van der Waals surface area contributed by atoms with Crippen LogP contribution in [-0.4, -0.2) is 18.7 Å². The summed E-state index contributed by atoms with van der Waals surface area (Å²) in [7, 11) is -1.28. The molecule has 2 aromatic heterocycles. The minimum atomic E-state index is -1.28. The Morgan fingerprint density at radius 1 is 1.19 bits per heavy atom. The van der Waals surface area contributed by atoms with E-state index in [2.05, 4.69) is 16.9 Å². The molecular formula is C16H13N3OS.